The van der Waals surface area contributed by atoms with Gasteiger partial charge < -0.3 is 0 Å². The predicted molar refractivity (Wildman–Crippen MR) is 167 cm³/mol. The van der Waals surface area contributed by atoms with Crippen LogP contribution >= 0.6 is 94.1 Å². The number of thioether (sulfide) groups is 8. The smallest absolute Gasteiger partial charge is 0.169 e. The Morgan fingerprint density at radius 3 is 1.65 bits per heavy atom. The highest BCUT2D eigenvalue weighted by Gasteiger charge is 2.29. The van der Waals surface area contributed by atoms with E-state index in [2.05, 4.69) is 77.0 Å². The van der Waals surface area contributed by atoms with Crippen LogP contribution in [0.15, 0.2) is 74.5 Å². The first-order valence-corrected chi connectivity index (χ1v) is 18.7. The van der Waals surface area contributed by atoms with Gasteiger partial charge in [-0.25, -0.2) is 9.13 Å². The Kier molecular flexibility index (Phi) is 11.1. The summed E-state index contributed by atoms with van der Waals surface area (Å²) in [5.41, 5.74) is 2.54. The van der Waals surface area contributed by atoms with Crippen molar-refractivity contribution in [3.05, 3.63) is 74.5 Å². The monoisotopic (exact) mass is 600 g/mol. The van der Waals surface area contributed by atoms with Gasteiger partial charge in [0, 0.05) is 30.7 Å². The van der Waals surface area contributed by atoms with Crippen molar-refractivity contribution in [1.82, 2.24) is 0 Å². The first-order valence-electron chi connectivity index (χ1n) is 10.7. The van der Waals surface area contributed by atoms with Crippen LogP contribution in [0.2, 0.25) is 0 Å². The zero-order valence-corrected chi connectivity index (χ0v) is 26.1. The lowest BCUT2D eigenvalue weighted by molar-refractivity contribution is -0.697. The number of aryl methyl sites for hydroxylation is 2. The molecule has 0 N–H and O–H groups in total. The highest BCUT2D eigenvalue weighted by molar-refractivity contribution is 8.44. The lowest BCUT2D eigenvalue weighted by atomic mass is 10.1. The van der Waals surface area contributed by atoms with Crippen molar-refractivity contribution in [1.29, 1.82) is 0 Å². The normalized spacial score (nSPS) is 16.4. The van der Waals surface area contributed by atoms with Gasteiger partial charge in [-0.15, -0.1) is 47.0 Å². The minimum Gasteiger partial charge on any atom is -0.208 e. The van der Waals surface area contributed by atoms with Crippen molar-refractivity contribution in [2.24, 2.45) is 7.05 Å². The summed E-state index contributed by atoms with van der Waals surface area (Å²) in [6, 6.07) is 8.78. The van der Waals surface area contributed by atoms with Crippen LogP contribution in [0.25, 0.3) is 11.1 Å². The molecule has 2 aliphatic rings. The van der Waals surface area contributed by atoms with Crippen molar-refractivity contribution in [3.63, 3.8) is 0 Å². The summed E-state index contributed by atoms with van der Waals surface area (Å²) in [5.74, 6) is 1.18. The van der Waals surface area contributed by atoms with Gasteiger partial charge in [-0.1, -0.05) is 47.0 Å². The molecule has 0 atom stereocenters. The molecule has 2 aliphatic heterocycles. The molecule has 0 fully saturated rings. The highest BCUT2D eigenvalue weighted by atomic mass is 32.3. The van der Waals surface area contributed by atoms with Gasteiger partial charge in [0.1, 0.15) is 13.6 Å². The summed E-state index contributed by atoms with van der Waals surface area (Å²) in [6.45, 7) is 1.07. The number of nitrogens with zero attached hydrogens (tertiary/aromatic N) is 2. The number of hydrogen-bond acceptors (Lipinski definition) is 8. The van der Waals surface area contributed by atoms with E-state index in [1.807, 2.05) is 101 Å². The molecule has 0 amide bonds. The maximum Gasteiger partial charge on any atom is 0.169 e. The van der Waals surface area contributed by atoms with Gasteiger partial charge >= 0.3 is 0 Å². The summed E-state index contributed by atoms with van der Waals surface area (Å²) in [4.78, 5) is 0. The largest absolute Gasteiger partial charge is 0.208 e. The molecule has 0 radical (unpaired) electrons. The minimum absolute atomic E-state index is 1.07. The van der Waals surface area contributed by atoms with Crippen molar-refractivity contribution in [2.75, 3.05) is 24.5 Å². The van der Waals surface area contributed by atoms with E-state index in [0.717, 1.165) is 6.54 Å². The zero-order valence-electron chi connectivity index (χ0n) is 19.6. The Labute approximate surface area is 237 Å². The molecule has 4 rings (SSSR count). The molecule has 0 aromatic carbocycles. The van der Waals surface area contributed by atoms with Gasteiger partial charge in [-0.3, -0.25) is 0 Å². The molecule has 0 bridgehead atoms. The molecular formula is C24H28N2S8+2. The van der Waals surface area contributed by atoms with Crippen molar-refractivity contribution < 1.29 is 9.13 Å². The van der Waals surface area contributed by atoms with Crippen LogP contribution < -0.4 is 9.13 Å². The molecule has 0 unspecified atom stereocenters. The molecule has 2 nitrogen and oxygen atoms in total. The lowest BCUT2D eigenvalue weighted by Crippen LogP contribution is -2.32. The van der Waals surface area contributed by atoms with E-state index in [4.69, 9.17) is 0 Å². The van der Waals surface area contributed by atoms with E-state index in [-0.39, 0.29) is 0 Å². The van der Waals surface area contributed by atoms with Crippen LogP contribution in [0, 0.1) is 0 Å². The van der Waals surface area contributed by atoms with Gasteiger partial charge in [0.05, 0.1) is 25.4 Å². The average Bonchev–Trinajstić information content (AvgIpc) is 3.48. The number of hydrogen-bond donors (Lipinski definition) is 0. The molecule has 0 saturated carbocycles. The van der Waals surface area contributed by atoms with E-state index in [9.17, 15) is 0 Å². The van der Waals surface area contributed by atoms with E-state index in [1.54, 1.807) is 0 Å². The number of rotatable bonds is 10. The fraction of sp³-hybridized carbons (Fsp3) is 0.333. The number of aromatic nitrogens is 2. The van der Waals surface area contributed by atoms with Crippen LogP contribution in [0.5, 0.6) is 0 Å². The molecular weight excluding hydrogens is 573 g/mol. The average molecular weight is 601 g/mol. The maximum absolute atomic E-state index is 2.31. The third-order valence-electron chi connectivity index (χ3n) is 5.04. The Morgan fingerprint density at radius 1 is 0.647 bits per heavy atom. The predicted octanol–water partition coefficient (Wildman–Crippen LogP) is 8.41. The minimum atomic E-state index is 1.07. The van der Waals surface area contributed by atoms with Gasteiger partial charge in [-0.05, 0) is 42.1 Å². The second-order valence-corrected chi connectivity index (χ2v) is 16.6. The van der Waals surface area contributed by atoms with Crippen LogP contribution in [0.1, 0.15) is 12.8 Å². The van der Waals surface area contributed by atoms with Gasteiger partial charge in [-0.2, -0.15) is 0 Å². The molecule has 0 spiro atoms. The Balaban J connectivity index is 1.23. The second-order valence-electron chi connectivity index (χ2n) is 7.38. The van der Waals surface area contributed by atoms with Crippen molar-refractivity contribution in [3.8, 4) is 11.1 Å². The summed E-state index contributed by atoms with van der Waals surface area (Å²) in [7, 11) is 2.05. The quantitative estimate of drug-likeness (QED) is 0.196. The molecule has 2 aromatic heterocycles. The zero-order chi connectivity index (χ0) is 23.9. The van der Waals surface area contributed by atoms with Gasteiger partial charge in [0.2, 0.25) is 0 Å². The summed E-state index contributed by atoms with van der Waals surface area (Å²) in [5, 5.41) is 0. The molecule has 4 heterocycles. The number of pyridine rings is 2. The van der Waals surface area contributed by atoms with E-state index < -0.39 is 0 Å². The Bertz CT molecular complexity index is 1070. The van der Waals surface area contributed by atoms with E-state index in [1.165, 1.54) is 55.1 Å². The third kappa shape index (κ3) is 7.21. The topological polar surface area (TPSA) is 7.76 Å². The molecule has 2 aromatic rings. The van der Waals surface area contributed by atoms with Crippen LogP contribution in [0.4, 0.5) is 0 Å². The molecule has 180 valence electrons. The molecule has 10 heteroatoms. The third-order valence-corrected chi connectivity index (χ3v) is 16.2. The second kappa shape index (κ2) is 13.7. The van der Waals surface area contributed by atoms with Gasteiger partial charge in [0.25, 0.3) is 0 Å². The van der Waals surface area contributed by atoms with Crippen LogP contribution in [-0.2, 0) is 13.6 Å². The fourth-order valence-electron chi connectivity index (χ4n) is 3.23. The van der Waals surface area contributed by atoms with Crippen molar-refractivity contribution in [2.45, 2.75) is 19.4 Å². The lowest BCUT2D eigenvalue weighted by Gasteiger charge is -2.04. The molecule has 0 aliphatic carbocycles. The van der Waals surface area contributed by atoms with E-state index in [0.29, 0.717) is 0 Å². The van der Waals surface area contributed by atoms with Gasteiger partial charge in [0.15, 0.2) is 24.8 Å². The Morgan fingerprint density at radius 2 is 1.12 bits per heavy atom. The first-order chi connectivity index (χ1) is 16.6. The highest BCUT2D eigenvalue weighted by Crippen LogP contribution is 2.65. The summed E-state index contributed by atoms with van der Waals surface area (Å²) in [6.07, 6.45) is 17.6. The van der Waals surface area contributed by atoms with Crippen molar-refractivity contribution >= 4 is 94.1 Å². The fourth-order valence-corrected chi connectivity index (χ4v) is 14.0. The van der Waals surface area contributed by atoms with E-state index >= 15 is 0 Å². The summed E-state index contributed by atoms with van der Waals surface area (Å²) >= 11 is 15.6. The van der Waals surface area contributed by atoms with Crippen LogP contribution in [-0.4, -0.2) is 24.5 Å². The number of unbranched alkanes of at least 4 members (excludes halogenated alkanes) is 1. The molecule has 34 heavy (non-hydrogen) atoms. The SMILES string of the molecule is CSC1=C(SC)SC(=C2SC(SC)=C(SCCCC[n+]3ccc(-c4cc[n+](C)cc4)cc3)S2)S1. The molecule has 0 saturated heterocycles. The van der Waals surface area contributed by atoms with Crippen LogP contribution in [0.3, 0.4) is 0 Å². The standard InChI is InChI=1S/C24H28N2S8/c1-25-12-7-17(8-13-25)18-9-14-26(15-10-18)11-5-6-16-30-22-21(29-4)33-24(34-22)23-31-19(27-2)20(28-3)32-23/h7-10,12-15H,5-6,11,16H2,1-4H3/q+2. The Hall–Kier alpha value is 0.320. The first kappa shape index (κ1) is 27.4. The maximum atomic E-state index is 2.31. The summed E-state index contributed by atoms with van der Waals surface area (Å²) < 4.78 is 13.2.